The van der Waals surface area contributed by atoms with Crippen LogP contribution in [0.3, 0.4) is 0 Å². The first kappa shape index (κ1) is 20.4. The number of carboxylic acids is 1. The predicted molar refractivity (Wildman–Crippen MR) is 119 cm³/mol. The first-order valence-corrected chi connectivity index (χ1v) is 10.5. The molecule has 4 rings (SSSR count). The van der Waals surface area contributed by atoms with E-state index in [0.29, 0.717) is 17.6 Å². The van der Waals surface area contributed by atoms with Crippen molar-refractivity contribution in [2.75, 3.05) is 13.1 Å². The van der Waals surface area contributed by atoms with Gasteiger partial charge in [-0.25, -0.2) is 4.79 Å². The Labute approximate surface area is 178 Å². The Morgan fingerprint density at radius 1 is 0.900 bits per heavy atom. The molecule has 2 aromatic carbocycles. The zero-order chi connectivity index (χ0) is 21.1. The highest BCUT2D eigenvalue weighted by molar-refractivity contribution is 5.87. The molecule has 1 aromatic heterocycles. The third-order valence-corrected chi connectivity index (χ3v) is 5.96. The number of carboxylic acid groups (broad SMARTS) is 1. The van der Waals surface area contributed by atoms with Crippen molar-refractivity contribution in [1.82, 2.24) is 14.4 Å². The van der Waals surface area contributed by atoms with Gasteiger partial charge in [0.2, 0.25) is 0 Å². The molecule has 3 aromatic rings. The van der Waals surface area contributed by atoms with Crippen molar-refractivity contribution in [1.29, 1.82) is 0 Å². The van der Waals surface area contributed by atoms with Crippen LogP contribution in [-0.4, -0.2) is 50.6 Å². The molecule has 0 spiro atoms. The van der Waals surface area contributed by atoms with Crippen molar-refractivity contribution >= 4 is 5.97 Å². The van der Waals surface area contributed by atoms with E-state index in [2.05, 4.69) is 64.9 Å². The SMILES string of the molecule is C[C@@H]1CN(Cc2ccc(C(=O)O)cc2)C[C@H](C)N1Cc1cccc(-n2cccc2)c1. The summed E-state index contributed by atoms with van der Waals surface area (Å²) in [7, 11) is 0. The molecule has 1 saturated heterocycles. The summed E-state index contributed by atoms with van der Waals surface area (Å²) in [6.07, 6.45) is 4.15. The molecule has 0 radical (unpaired) electrons. The largest absolute Gasteiger partial charge is 0.478 e. The highest BCUT2D eigenvalue weighted by Crippen LogP contribution is 2.22. The van der Waals surface area contributed by atoms with Crippen molar-refractivity contribution in [2.24, 2.45) is 0 Å². The summed E-state index contributed by atoms with van der Waals surface area (Å²) < 4.78 is 2.14. The standard InChI is InChI=1S/C25H29N3O2/c1-19-15-26(17-21-8-10-23(11-9-21)25(29)30)16-20(2)28(19)18-22-6-5-7-24(14-22)27-12-3-4-13-27/h3-14,19-20H,15-18H2,1-2H3,(H,29,30)/t19-,20+. The van der Waals surface area contributed by atoms with Crippen LogP contribution < -0.4 is 0 Å². The van der Waals surface area contributed by atoms with E-state index >= 15 is 0 Å². The Morgan fingerprint density at radius 2 is 1.57 bits per heavy atom. The third kappa shape index (κ3) is 4.64. The minimum atomic E-state index is -0.877. The summed E-state index contributed by atoms with van der Waals surface area (Å²) in [4.78, 5) is 16.1. The van der Waals surface area contributed by atoms with Crippen molar-refractivity contribution < 1.29 is 9.90 Å². The zero-order valence-corrected chi connectivity index (χ0v) is 17.6. The van der Waals surface area contributed by atoms with Crippen LogP contribution in [0.25, 0.3) is 5.69 Å². The van der Waals surface area contributed by atoms with Gasteiger partial charge in [-0.15, -0.1) is 0 Å². The molecule has 0 aliphatic carbocycles. The lowest BCUT2D eigenvalue weighted by molar-refractivity contribution is 0.0290. The fourth-order valence-electron chi connectivity index (χ4n) is 4.45. The van der Waals surface area contributed by atoms with Crippen LogP contribution >= 0.6 is 0 Å². The highest BCUT2D eigenvalue weighted by atomic mass is 16.4. The van der Waals surface area contributed by atoms with Gasteiger partial charge in [-0.2, -0.15) is 0 Å². The summed E-state index contributed by atoms with van der Waals surface area (Å²) >= 11 is 0. The van der Waals surface area contributed by atoms with Crippen LogP contribution in [0.4, 0.5) is 0 Å². The summed E-state index contributed by atoms with van der Waals surface area (Å²) in [6.45, 7) is 8.40. The first-order chi connectivity index (χ1) is 14.5. The molecule has 1 aliphatic heterocycles. The van der Waals surface area contributed by atoms with Gasteiger partial charge in [-0.05, 0) is 61.4 Å². The van der Waals surface area contributed by atoms with Crippen molar-refractivity contribution in [3.05, 3.63) is 89.7 Å². The molecule has 0 unspecified atom stereocenters. The number of aromatic nitrogens is 1. The molecule has 0 bridgehead atoms. The maximum absolute atomic E-state index is 11.0. The minimum absolute atomic E-state index is 0.340. The molecule has 2 heterocycles. The molecule has 0 saturated carbocycles. The number of piperazine rings is 1. The zero-order valence-electron chi connectivity index (χ0n) is 17.6. The van der Waals surface area contributed by atoms with Crippen LogP contribution in [-0.2, 0) is 13.1 Å². The van der Waals surface area contributed by atoms with Gasteiger partial charge >= 0.3 is 5.97 Å². The number of hydrogen-bond acceptors (Lipinski definition) is 3. The molecule has 1 aliphatic rings. The van der Waals surface area contributed by atoms with Gasteiger partial charge in [0.05, 0.1) is 5.56 Å². The van der Waals surface area contributed by atoms with Crippen molar-refractivity contribution in [3.8, 4) is 5.69 Å². The summed E-state index contributed by atoms with van der Waals surface area (Å²) in [5.74, 6) is -0.877. The van der Waals surface area contributed by atoms with Gasteiger partial charge in [0, 0.05) is 56.3 Å². The number of benzene rings is 2. The van der Waals surface area contributed by atoms with Gasteiger partial charge < -0.3 is 9.67 Å². The molecule has 5 heteroatoms. The Bertz CT molecular complexity index is 970. The van der Waals surface area contributed by atoms with Crippen LogP contribution in [0, 0.1) is 0 Å². The smallest absolute Gasteiger partial charge is 0.335 e. The molecule has 2 atom stereocenters. The number of nitrogens with zero attached hydrogens (tertiary/aromatic N) is 3. The summed E-state index contributed by atoms with van der Waals surface area (Å²) in [5.41, 5.74) is 4.03. The maximum Gasteiger partial charge on any atom is 0.335 e. The summed E-state index contributed by atoms with van der Waals surface area (Å²) in [5, 5.41) is 9.07. The summed E-state index contributed by atoms with van der Waals surface area (Å²) in [6, 6.07) is 21.0. The van der Waals surface area contributed by atoms with Crippen LogP contribution in [0.5, 0.6) is 0 Å². The molecule has 5 nitrogen and oxygen atoms in total. The fourth-order valence-corrected chi connectivity index (χ4v) is 4.45. The van der Waals surface area contributed by atoms with Gasteiger partial charge in [-0.3, -0.25) is 9.80 Å². The monoisotopic (exact) mass is 403 g/mol. The molecule has 30 heavy (non-hydrogen) atoms. The van der Waals surface area contributed by atoms with E-state index in [9.17, 15) is 4.79 Å². The van der Waals surface area contributed by atoms with E-state index < -0.39 is 5.97 Å². The molecular weight excluding hydrogens is 374 g/mol. The van der Waals surface area contributed by atoms with E-state index in [1.165, 1.54) is 11.3 Å². The van der Waals surface area contributed by atoms with E-state index in [-0.39, 0.29) is 0 Å². The fraction of sp³-hybridized carbons (Fsp3) is 0.320. The van der Waals surface area contributed by atoms with E-state index in [0.717, 1.165) is 31.7 Å². The minimum Gasteiger partial charge on any atom is -0.478 e. The van der Waals surface area contributed by atoms with Gasteiger partial charge in [0.15, 0.2) is 0 Å². The van der Waals surface area contributed by atoms with Crippen molar-refractivity contribution in [2.45, 2.75) is 39.0 Å². The van der Waals surface area contributed by atoms with Crippen LogP contribution in [0.1, 0.15) is 35.3 Å². The second kappa shape index (κ2) is 8.86. The average molecular weight is 404 g/mol. The Balaban J connectivity index is 1.39. The number of rotatable bonds is 6. The Hall–Kier alpha value is -2.89. The average Bonchev–Trinajstić information content (AvgIpc) is 3.26. The van der Waals surface area contributed by atoms with Gasteiger partial charge in [0.1, 0.15) is 0 Å². The number of aromatic carboxylic acids is 1. The van der Waals surface area contributed by atoms with Gasteiger partial charge in [-0.1, -0.05) is 24.3 Å². The van der Waals surface area contributed by atoms with Crippen molar-refractivity contribution in [3.63, 3.8) is 0 Å². The van der Waals surface area contributed by atoms with E-state index in [1.807, 2.05) is 24.3 Å². The van der Waals surface area contributed by atoms with E-state index in [4.69, 9.17) is 5.11 Å². The van der Waals surface area contributed by atoms with Gasteiger partial charge in [0.25, 0.3) is 0 Å². The second-order valence-corrected chi connectivity index (χ2v) is 8.33. The molecule has 1 fully saturated rings. The number of hydrogen-bond donors (Lipinski definition) is 1. The number of carbonyl (C=O) groups is 1. The van der Waals surface area contributed by atoms with E-state index in [1.54, 1.807) is 12.1 Å². The van der Waals surface area contributed by atoms with Crippen LogP contribution in [0.2, 0.25) is 0 Å². The molecular formula is C25H29N3O2. The molecule has 1 N–H and O–H groups in total. The lowest BCUT2D eigenvalue weighted by Gasteiger charge is -2.44. The molecule has 0 amide bonds. The van der Waals surface area contributed by atoms with Crippen LogP contribution in [0.15, 0.2) is 73.1 Å². The lowest BCUT2D eigenvalue weighted by Crippen LogP contribution is -2.55. The predicted octanol–water partition coefficient (Wildman–Crippen LogP) is 4.27. The third-order valence-electron chi connectivity index (χ3n) is 5.96. The lowest BCUT2D eigenvalue weighted by atomic mass is 10.0. The Kier molecular flexibility index (Phi) is 6.02. The first-order valence-electron chi connectivity index (χ1n) is 10.5. The molecule has 156 valence electrons. The topological polar surface area (TPSA) is 48.7 Å². The highest BCUT2D eigenvalue weighted by Gasteiger charge is 2.29. The second-order valence-electron chi connectivity index (χ2n) is 8.33. The Morgan fingerprint density at radius 3 is 2.20 bits per heavy atom. The maximum atomic E-state index is 11.0. The normalized spacial score (nSPS) is 20.3. The quantitative estimate of drug-likeness (QED) is 0.668.